The number of hydrogen-bond acceptors (Lipinski definition) is 1. The van der Waals surface area contributed by atoms with E-state index in [1.54, 1.807) is 0 Å². The third kappa shape index (κ3) is 11.9. The van der Waals surface area contributed by atoms with Crippen LogP contribution in [0.3, 0.4) is 0 Å². The van der Waals surface area contributed by atoms with Crippen LogP contribution in [0.2, 0.25) is 0 Å². The number of rotatable bonds is 14. The molecule has 1 atom stereocenters. The molecule has 106 valence electrons. The molecule has 0 aromatic carbocycles. The van der Waals surface area contributed by atoms with Crippen LogP contribution in [0.4, 0.5) is 0 Å². The van der Waals surface area contributed by atoms with Crippen molar-refractivity contribution in [3.8, 4) is 0 Å². The molecule has 18 heavy (non-hydrogen) atoms. The van der Waals surface area contributed by atoms with Gasteiger partial charge in [-0.25, -0.2) is 0 Å². The largest absolute Gasteiger partial charge is 0.381 e. The maximum Gasteiger partial charge on any atom is 0.0571 e. The monoisotopic (exact) mass is 252 g/mol. The van der Waals surface area contributed by atoms with Crippen molar-refractivity contribution >= 4 is 0 Å². The Hall–Kier alpha value is -0.560. The Balaban J connectivity index is 3.32. The highest BCUT2D eigenvalue weighted by Crippen LogP contribution is 2.15. The summed E-state index contributed by atoms with van der Waals surface area (Å²) in [7, 11) is 1.85. The van der Waals surface area contributed by atoms with Crippen LogP contribution in [-0.4, -0.2) is 13.2 Å². The lowest BCUT2D eigenvalue weighted by Gasteiger charge is -2.14. The van der Waals surface area contributed by atoms with E-state index in [0.717, 1.165) is 6.42 Å². The van der Waals surface area contributed by atoms with Crippen molar-refractivity contribution in [1.82, 2.24) is 0 Å². The Morgan fingerprint density at radius 2 is 1.22 bits per heavy atom. The van der Waals surface area contributed by atoms with E-state index in [4.69, 9.17) is 4.74 Å². The quantitative estimate of drug-likeness (QED) is 0.286. The van der Waals surface area contributed by atoms with Crippen LogP contribution in [-0.2, 0) is 4.74 Å². The SMILES string of the molecule is C=CCCCCCCCC(CCCCC=C)OC. The molecule has 0 amide bonds. The van der Waals surface area contributed by atoms with Gasteiger partial charge in [-0.1, -0.05) is 44.3 Å². The first-order chi connectivity index (χ1) is 8.85. The maximum absolute atomic E-state index is 5.54. The van der Waals surface area contributed by atoms with Crippen LogP contribution in [0, 0.1) is 0 Å². The summed E-state index contributed by atoms with van der Waals surface area (Å²) in [5.41, 5.74) is 0. The standard InChI is InChI=1S/C17H32O/c1-4-6-8-10-11-12-14-16-17(18-3)15-13-9-7-5-2/h4-5,17H,1-2,6-16H2,3H3. The Kier molecular flexibility index (Phi) is 14.0. The fraction of sp³-hybridized carbons (Fsp3) is 0.765. The molecule has 0 aliphatic carbocycles. The summed E-state index contributed by atoms with van der Waals surface area (Å²) in [6.45, 7) is 7.50. The molecule has 0 saturated heterocycles. The zero-order valence-corrected chi connectivity index (χ0v) is 12.3. The van der Waals surface area contributed by atoms with E-state index in [1.807, 2.05) is 19.3 Å². The normalized spacial score (nSPS) is 12.3. The summed E-state index contributed by atoms with van der Waals surface area (Å²) in [5.74, 6) is 0. The van der Waals surface area contributed by atoms with E-state index >= 15 is 0 Å². The highest BCUT2D eigenvalue weighted by atomic mass is 16.5. The Morgan fingerprint density at radius 3 is 1.78 bits per heavy atom. The minimum absolute atomic E-state index is 0.475. The van der Waals surface area contributed by atoms with Crippen LogP contribution in [0.15, 0.2) is 25.3 Å². The smallest absolute Gasteiger partial charge is 0.0571 e. The van der Waals surface area contributed by atoms with Crippen molar-refractivity contribution in [2.24, 2.45) is 0 Å². The highest BCUT2D eigenvalue weighted by molar-refractivity contribution is 4.67. The van der Waals surface area contributed by atoms with Gasteiger partial charge >= 0.3 is 0 Å². The summed E-state index contributed by atoms with van der Waals surface area (Å²) in [6, 6.07) is 0. The molecule has 1 nitrogen and oxygen atoms in total. The fourth-order valence-electron chi connectivity index (χ4n) is 2.23. The van der Waals surface area contributed by atoms with Crippen molar-refractivity contribution in [1.29, 1.82) is 0 Å². The van der Waals surface area contributed by atoms with E-state index in [2.05, 4.69) is 13.2 Å². The van der Waals surface area contributed by atoms with E-state index in [9.17, 15) is 0 Å². The molecule has 0 saturated carbocycles. The first-order valence-electron chi connectivity index (χ1n) is 7.59. The van der Waals surface area contributed by atoms with Crippen LogP contribution in [0.5, 0.6) is 0 Å². The molecule has 0 aliphatic rings. The van der Waals surface area contributed by atoms with E-state index in [-0.39, 0.29) is 0 Å². The van der Waals surface area contributed by atoms with Gasteiger partial charge in [0.05, 0.1) is 6.10 Å². The minimum Gasteiger partial charge on any atom is -0.381 e. The van der Waals surface area contributed by atoms with E-state index in [1.165, 1.54) is 64.2 Å². The number of ether oxygens (including phenoxy) is 1. The van der Waals surface area contributed by atoms with Crippen LogP contribution < -0.4 is 0 Å². The molecular formula is C17H32O. The second-order valence-electron chi connectivity index (χ2n) is 5.06. The Bertz CT molecular complexity index is 186. The molecule has 1 heteroatoms. The predicted molar refractivity (Wildman–Crippen MR) is 82.0 cm³/mol. The lowest BCUT2D eigenvalue weighted by molar-refractivity contribution is 0.0834. The van der Waals surface area contributed by atoms with Gasteiger partial charge in [-0.15, -0.1) is 13.2 Å². The van der Waals surface area contributed by atoms with Gasteiger partial charge in [0.1, 0.15) is 0 Å². The van der Waals surface area contributed by atoms with Gasteiger partial charge in [0.15, 0.2) is 0 Å². The molecule has 0 radical (unpaired) electrons. The summed E-state index contributed by atoms with van der Waals surface area (Å²) in [4.78, 5) is 0. The molecule has 0 rings (SSSR count). The van der Waals surface area contributed by atoms with Crippen molar-refractivity contribution in [3.05, 3.63) is 25.3 Å². The summed E-state index contributed by atoms with van der Waals surface area (Å²) < 4.78 is 5.54. The molecule has 1 unspecified atom stereocenters. The second-order valence-corrected chi connectivity index (χ2v) is 5.06. The number of allylic oxidation sites excluding steroid dienone is 2. The van der Waals surface area contributed by atoms with Crippen molar-refractivity contribution < 1.29 is 4.74 Å². The van der Waals surface area contributed by atoms with Gasteiger partial charge in [-0.3, -0.25) is 0 Å². The predicted octanol–water partition coefficient (Wildman–Crippen LogP) is 5.66. The first kappa shape index (κ1) is 17.4. The van der Waals surface area contributed by atoms with Crippen LogP contribution in [0.25, 0.3) is 0 Å². The molecule has 0 spiro atoms. The van der Waals surface area contributed by atoms with Gasteiger partial charge in [-0.2, -0.15) is 0 Å². The van der Waals surface area contributed by atoms with Crippen molar-refractivity contribution in [3.63, 3.8) is 0 Å². The topological polar surface area (TPSA) is 9.23 Å². The van der Waals surface area contributed by atoms with Crippen molar-refractivity contribution in [2.45, 2.75) is 76.7 Å². The molecule has 0 fully saturated rings. The third-order valence-electron chi connectivity index (χ3n) is 3.45. The lowest BCUT2D eigenvalue weighted by Crippen LogP contribution is -2.10. The van der Waals surface area contributed by atoms with E-state index < -0.39 is 0 Å². The average molecular weight is 252 g/mol. The fourth-order valence-corrected chi connectivity index (χ4v) is 2.23. The summed E-state index contributed by atoms with van der Waals surface area (Å²) in [6.07, 6.45) is 18.4. The van der Waals surface area contributed by atoms with Crippen LogP contribution >= 0.6 is 0 Å². The lowest BCUT2D eigenvalue weighted by atomic mass is 10.0. The molecule has 0 aromatic rings. The highest BCUT2D eigenvalue weighted by Gasteiger charge is 2.06. The Labute approximate surface area is 114 Å². The number of methoxy groups -OCH3 is 1. The first-order valence-corrected chi connectivity index (χ1v) is 7.59. The molecule has 0 aromatic heterocycles. The van der Waals surface area contributed by atoms with E-state index in [0.29, 0.717) is 6.10 Å². The summed E-state index contributed by atoms with van der Waals surface area (Å²) in [5, 5.41) is 0. The van der Waals surface area contributed by atoms with Gasteiger partial charge in [-0.05, 0) is 38.5 Å². The zero-order valence-electron chi connectivity index (χ0n) is 12.3. The number of hydrogen-bond donors (Lipinski definition) is 0. The van der Waals surface area contributed by atoms with Gasteiger partial charge in [0.2, 0.25) is 0 Å². The molecule has 0 heterocycles. The molecular weight excluding hydrogens is 220 g/mol. The van der Waals surface area contributed by atoms with Gasteiger partial charge in [0, 0.05) is 7.11 Å². The summed E-state index contributed by atoms with van der Waals surface area (Å²) >= 11 is 0. The van der Waals surface area contributed by atoms with Crippen molar-refractivity contribution in [2.75, 3.05) is 7.11 Å². The molecule has 0 bridgehead atoms. The third-order valence-corrected chi connectivity index (χ3v) is 3.45. The molecule has 0 N–H and O–H groups in total. The molecule has 0 aliphatic heterocycles. The van der Waals surface area contributed by atoms with Crippen LogP contribution in [0.1, 0.15) is 70.6 Å². The second kappa shape index (κ2) is 14.5. The van der Waals surface area contributed by atoms with Gasteiger partial charge < -0.3 is 4.74 Å². The average Bonchev–Trinajstić information content (AvgIpc) is 2.40. The zero-order chi connectivity index (χ0) is 13.5. The van der Waals surface area contributed by atoms with Gasteiger partial charge in [0.25, 0.3) is 0 Å². The number of unbranched alkanes of at least 4 members (excludes halogenated alkanes) is 7. The Morgan fingerprint density at radius 1 is 0.778 bits per heavy atom. The minimum atomic E-state index is 0.475. The maximum atomic E-state index is 5.54.